The number of hydrogen-bond acceptors (Lipinski definition) is 8. The Bertz CT molecular complexity index is 473. The second-order valence-corrected chi connectivity index (χ2v) is 4.26. The predicted octanol–water partition coefficient (Wildman–Crippen LogP) is 0.449. The van der Waals surface area contributed by atoms with Gasteiger partial charge in [0.1, 0.15) is 13.2 Å². The highest BCUT2D eigenvalue weighted by Crippen LogP contribution is 2.01. The van der Waals surface area contributed by atoms with Crippen molar-refractivity contribution in [3.63, 3.8) is 0 Å². The predicted molar refractivity (Wildman–Crippen MR) is 76.9 cm³/mol. The summed E-state index contributed by atoms with van der Waals surface area (Å²) in [5.74, 6) is -1.42. The zero-order chi connectivity index (χ0) is 17.8. The molecule has 128 valence electrons. The van der Waals surface area contributed by atoms with Gasteiger partial charge >= 0.3 is 18.0 Å². The maximum Gasteiger partial charge on any atom is 0.410 e. The van der Waals surface area contributed by atoms with E-state index in [1.54, 1.807) is 0 Å². The molecule has 0 spiro atoms. The van der Waals surface area contributed by atoms with Crippen molar-refractivity contribution >= 4 is 24.5 Å². The van der Waals surface area contributed by atoms with Crippen LogP contribution in [0.15, 0.2) is 24.8 Å². The van der Waals surface area contributed by atoms with Crippen LogP contribution in [-0.2, 0) is 33.3 Å². The normalized spacial score (nSPS) is 12.1. The molecule has 23 heavy (non-hydrogen) atoms. The molecule has 0 saturated carbocycles. The van der Waals surface area contributed by atoms with Crippen molar-refractivity contribution < 1.29 is 38.1 Å². The molecule has 0 aliphatic heterocycles. The molecule has 0 aliphatic rings. The van der Waals surface area contributed by atoms with Crippen molar-refractivity contribution in [2.45, 2.75) is 26.2 Å². The number of carbonyl (C=O) groups excluding carboxylic acids is 4. The molecule has 0 rings (SSSR count). The first-order chi connectivity index (χ1) is 10.8. The molecule has 0 aromatic rings. The zero-order valence-electron chi connectivity index (χ0n) is 12.9. The van der Waals surface area contributed by atoms with E-state index in [9.17, 15) is 19.2 Å². The van der Waals surface area contributed by atoms with E-state index in [1.165, 1.54) is 13.8 Å². The number of esters is 2. The molecule has 0 saturated heterocycles. The van der Waals surface area contributed by atoms with Gasteiger partial charge in [-0.2, -0.15) is 0 Å². The quantitative estimate of drug-likeness (QED) is 0.202. The van der Waals surface area contributed by atoms with Crippen molar-refractivity contribution in [1.29, 1.82) is 0 Å². The van der Waals surface area contributed by atoms with Gasteiger partial charge in [0.15, 0.2) is 12.3 Å². The monoisotopic (exact) mass is 329 g/mol. The number of ether oxygens (including phenoxy) is 4. The first-order valence-corrected chi connectivity index (χ1v) is 6.48. The van der Waals surface area contributed by atoms with Crippen LogP contribution in [0.3, 0.4) is 0 Å². The Kier molecular flexibility index (Phi) is 9.49. The minimum absolute atomic E-state index is 0.156. The lowest BCUT2D eigenvalue weighted by Crippen LogP contribution is -2.39. The number of amides is 1. The summed E-state index contributed by atoms with van der Waals surface area (Å²) in [5.41, 5.74) is 0.157. The Balaban J connectivity index is 4.56. The Morgan fingerprint density at radius 1 is 1.22 bits per heavy atom. The van der Waals surface area contributed by atoms with Crippen LogP contribution < -0.4 is 5.32 Å². The average Bonchev–Trinajstić information content (AvgIpc) is 2.48. The molecule has 0 aromatic heterocycles. The SMILES string of the molecule is C=CC(=O)OCC(COC(=O)C(=C)C)OC(=O)NC(C)OC=O. The smallest absolute Gasteiger partial charge is 0.410 e. The summed E-state index contributed by atoms with van der Waals surface area (Å²) in [6.07, 6.45) is -2.01. The van der Waals surface area contributed by atoms with E-state index in [2.05, 4.69) is 23.2 Å². The molecule has 0 aliphatic carbocycles. The Labute approximate surface area is 133 Å². The van der Waals surface area contributed by atoms with Gasteiger partial charge in [0.2, 0.25) is 0 Å². The summed E-state index contributed by atoms with van der Waals surface area (Å²) in [5, 5.41) is 2.19. The molecule has 0 fully saturated rings. The molecule has 1 N–H and O–H groups in total. The van der Waals surface area contributed by atoms with Crippen LogP contribution in [0.4, 0.5) is 4.79 Å². The summed E-state index contributed by atoms with van der Waals surface area (Å²) < 4.78 is 19.0. The molecule has 2 unspecified atom stereocenters. The Morgan fingerprint density at radius 2 is 1.83 bits per heavy atom. The number of nitrogens with one attached hydrogen (secondary N) is 1. The van der Waals surface area contributed by atoms with Crippen LogP contribution in [-0.4, -0.2) is 50.0 Å². The van der Waals surface area contributed by atoms with E-state index in [4.69, 9.17) is 14.2 Å². The maximum atomic E-state index is 11.6. The second-order valence-electron chi connectivity index (χ2n) is 4.26. The molecular weight excluding hydrogens is 310 g/mol. The highest BCUT2D eigenvalue weighted by Gasteiger charge is 2.20. The van der Waals surface area contributed by atoms with Gasteiger partial charge < -0.3 is 18.9 Å². The minimum atomic E-state index is -1.06. The van der Waals surface area contributed by atoms with Gasteiger partial charge in [0, 0.05) is 11.6 Å². The fourth-order valence-corrected chi connectivity index (χ4v) is 1.11. The third-order valence-corrected chi connectivity index (χ3v) is 2.18. The van der Waals surface area contributed by atoms with Crippen LogP contribution in [0.25, 0.3) is 0 Å². The number of alkyl carbamates (subject to hydrolysis) is 1. The third-order valence-electron chi connectivity index (χ3n) is 2.18. The fraction of sp³-hybridized carbons (Fsp3) is 0.429. The average molecular weight is 329 g/mol. The van der Waals surface area contributed by atoms with Crippen molar-refractivity contribution in [2.75, 3.05) is 13.2 Å². The minimum Gasteiger partial charge on any atom is -0.458 e. The van der Waals surface area contributed by atoms with Crippen LogP contribution >= 0.6 is 0 Å². The highest BCUT2D eigenvalue weighted by atomic mass is 16.6. The summed E-state index contributed by atoms with van der Waals surface area (Å²) in [7, 11) is 0. The molecule has 0 radical (unpaired) electrons. The standard InChI is InChI=1S/C14H19NO8/c1-5-12(17)20-6-11(7-21-13(18)9(2)3)23-14(19)15-10(4)22-8-16/h5,8,10-11H,1-2,6-7H2,3-4H3,(H,15,19). The van der Waals surface area contributed by atoms with Crippen molar-refractivity contribution in [1.82, 2.24) is 5.32 Å². The molecule has 0 aromatic carbocycles. The molecule has 2 atom stereocenters. The number of rotatable bonds is 10. The first-order valence-electron chi connectivity index (χ1n) is 6.48. The summed E-state index contributed by atoms with van der Waals surface area (Å²) in [6.45, 7) is 8.90. The van der Waals surface area contributed by atoms with E-state index < -0.39 is 30.4 Å². The van der Waals surface area contributed by atoms with Crippen LogP contribution in [0.5, 0.6) is 0 Å². The topological polar surface area (TPSA) is 117 Å². The first kappa shape index (κ1) is 20.2. The lowest BCUT2D eigenvalue weighted by atomic mass is 10.3. The van der Waals surface area contributed by atoms with E-state index in [1.807, 2.05) is 0 Å². The lowest BCUT2D eigenvalue weighted by molar-refractivity contribution is -0.147. The van der Waals surface area contributed by atoms with Gasteiger partial charge in [-0.3, -0.25) is 10.1 Å². The summed E-state index contributed by atoms with van der Waals surface area (Å²) in [6, 6.07) is 0. The van der Waals surface area contributed by atoms with Gasteiger partial charge in [0.25, 0.3) is 6.47 Å². The van der Waals surface area contributed by atoms with Crippen LogP contribution in [0, 0.1) is 0 Å². The molecule has 1 amide bonds. The van der Waals surface area contributed by atoms with Crippen molar-refractivity contribution in [2.24, 2.45) is 0 Å². The third kappa shape index (κ3) is 9.67. The zero-order valence-corrected chi connectivity index (χ0v) is 12.9. The molecular formula is C14H19NO8. The van der Waals surface area contributed by atoms with Gasteiger partial charge in [-0.1, -0.05) is 13.2 Å². The fourth-order valence-electron chi connectivity index (χ4n) is 1.11. The van der Waals surface area contributed by atoms with E-state index in [0.29, 0.717) is 0 Å². The maximum absolute atomic E-state index is 11.6. The largest absolute Gasteiger partial charge is 0.458 e. The molecule has 9 heteroatoms. The van der Waals surface area contributed by atoms with Crippen molar-refractivity contribution in [3.8, 4) is 0 Å². The van der Waals surface area contributed by atoms with E-state index in [0.717, 1.165) is 6.08 Å². The van der Waals surface area contributed by atoms with Gasteiger partial charge in [-0.15, -0.1) is 0 Å². The Morgan fingerprint density at radius 3 is 2.35 bits per heavy atom. The van der Waals surface area contributed by atoms with Gasteiger partial charge in [-0.25, -0.2) is 14.4 Å². The number of carbonyl (C=O) groups is 4. The van der Waals surface area contributed by atoms with Crippen molar-refractivity contribution in [3.05, 3.63) is 24.8 Å². The molecule has 9 nitrogen and oxygen atoms in total. The highest BCUT2D eigenvalue weighted by molar-refractivity contribution is 5.87. The summed E-state index contributed by atoms with van der Waals surface area (Å²) >= 11 is 0. The second kappa shape index (κ2) is 10.8. The molecule has 0 heterocycles. The number of hydrogen-bond donors (Lipinski definition) is 1. The summed E-state index contributed by atoms with van der Waals surface area (Å²) in [4.78, 5) is 44.1. The van der Waals surface area contributed by atoms with Gasteiger partial charge in [0.05, 0.1) is 0 Å². The Hall–Kier alpha value is -2.84. The van der Waals surface area contributed by atoms with Gasteiger partial charge in [-0.05, 0) is 13.8 Å². The van der Waals surface area contributed by atoms with Crippen LogP contribution in [0.2, 0.25) is 0 Å². The van der Waals surface area contributed by atoms with E-state index >= 15 is 0 Å². The molecule has 0 bridgehead atoms. The van der Waals surface area contributed by atoms with Crippen LogP contribution in [0.1, 0.15) is 13.8 Å². The van der Waals surface area contributed by atoms with E-state index in [-0.39, 0.29) is 25.3 Å². The lowest BCUT2D eigenvalue weighted by Gasteiger charge is -2.19.